The van der Waals surface area contributed by atoms with Crippen LogP contribution in [-0.2, 0) is 14.3 Å². The van der Waals surface area contributed by atoms with Gasteiger partial charge in [0.25, 0.3) is 0 Å². The smallest absolute Gasteiger partial charge is 0.303 e. The van der Waals surface area contributed by atoms with Crippen LogP contribution >= 0.6 is 0 Å². The molecule has 0 radical (unpaired) electrons. The van der Waals surface area contributed by atoms with E-state index in [2.05, 4.69) is 4.90 Å². The number of carbonyl (C=O) groups is 2. The third-order valence-corrected chi connectivity index (χ3v) is 7.00. The predicted octanol–water partition coefficient (Wildman–Crippen LogP) is 4.05. The van der Waals surface area contributed by atoms with Crippen LogP contribution in [-0.4, -0.2) is 64.7 Å². The second-order valence-corrected chi connectivity index (χ2v) is 9.91. The molecule has 1 aromatic rings. The third-order valence-electron chi connectivity index (χ3n) is 7.00. The number of carbonyl (C=O) groups excluding carboxylic acids is 2. The topological polar surface area (TPSA) is 79.3 Å². The molecule has 7 heteroatoms. The Kier molecular flexibility index (Phi) is 6.98. The molecule has 7 nitrogen and oxygen atoms in total. The van der Waals surface area contributed by atoms with E-state index in [4.69, 9.17) is 9.47 Å². The van der Waals surface area contributed by atoms with Crippen LogP contribution in [0.15, 0.2) is 18.2 Å². The Morgan fingerprint density at radius 1 is 1.06 bits per heavy atom. The maximum absolute atomic E-state index is 12.6. The van der Waals surface area contributed by atoms with E-state index in [1.54, 1.807) is 18.2 Å². The van der Waals surface area contributed by atoms with E-state index in [0.717, 1.165) is 58.3 Å². The van der Waals surface area contributed by atoms with Crippen LogP contribution in [0.3, 0.4) is 0 Å². The largest absolute Gasteiger partial charge is 0.507 e. The lowest BCUT2D eigenvalue weighted by Gasteiger charge is -2.48. The van der Waals surface area contributed by atoms with Crippen molar-refractivity contribution in [3.63, 3.8) is 0 Å². The van der Waals surface area contributed by atoms with Gasteiger partial charge in [0.1, 0.15) is 17.1 Å². The first-order chi connectivity index (χ1) is 15.8. The number of phenols is 1. The fraction of sp³-hybridized carbons (Fsp3) is 0.615. The Hall–Kier alpha value is -2.54. The zero-order chi connectivity index (χ0) is 23.6. The monoisotopic (exact) mass is 456 g/mol. The van der Waals surface area contributed by atoms with Crippen molar-refractivity contribution in [1.29, 1.82) is 0 Å². The summed E-state index contributed by atoms with van der Waals surface area (Å²) >= 11 is 0. The molecule has 0 aliphatic carbocycles. The molecule has 2 fully saturated rings. The van der Waals surface area contributed by atoms with Gasteiger partial charge in [-0.15, -0.1) is 0 Å². The summed E-state index contributed by atoms with van der Waals surface area (Å²) in [6.07, 6.45) is 9.17. The number of ether oxygens (including phenoxy) is 2. The molecule has 33 heavy (non-hydrogen) atoms. The second-order valence-electron chi connectivity index (χ2n) is 9.91. The summed E-state index contributed by atoms with van der Waals surface area (Å²) < 4.78 is 12.1. The summed E-state index contributed by atoms with van der Waals surface area (Å²) in [7, 11) is 0. The zero-order valence-corrected chi connectivity index (χ0v) is 20.0. The van der Waals surface area contributed by atoms with Crippen LogP contribution in [0, 0.1) is 0 Å². The number of piperidine rings is 2. The zero-order valence-electron chi connectivity index (χ0n) is 20.0. The van der Waals surface area contributed by atoms with E-state index in [1.165, 1.54) is 13.3 Å². The summed E-state index contributed by atoms with van der Waals surface area (Å²) in [5.41, 5.74) is 0.440. The van der Waals surface area contributed by atoms with Gasteiger partial charge in [0.05, 0.1) is 11.6 Å². The number of esters is 1. The molecule has 4 rings (SSSR count). The van der Waals surface area contributed by atoms with Gasteiger partial charge in [0.15, 0.2) is 6.10 Å². The molecule has 1 aromatic carbocycles. The highest BCUT2D eigenvalue weighted by molar-refractivity contribution is 5.92. The van der Waals surface area contributed by atoms with Gasteiger partial charge >= 0.3 is 5.97 Å². The molecule has 0 spiro atoms. The lowest BCUT2D eigenvalue weighted by molar-refractivity contribution is -0.170. The summed E-state index contributed by atoms with van der Waals surface area (Å²) in [5, 5.41) is 11.4. The number of hydrogen-bond acceptors (Lipinski definition) is 6. The number of nitrogens with zero attached hydrogens (tertiary/aromatic N) is 2. The molecule has 0 saturated carbocycles. The Morgan fingerprint density at radius 3 is 2.33 bits per heavy atom. The number of likely N-dealkylation sites (tertiary alicyclic amines) is 2. The first-order valence-corrected chi connectivity index (χ1v) is 12.2. The minimum absolute atomic E-state index is 0.0328. The number of fused-ring (bicyclic) bond motifs is 1. The highest BCUT2D eigenvalue weighted by atomic mass is 16.6. The van der Waals surface area contributed by atoms with Gasteiger partial charge in [0, 0.05) is 31.7 Å². The number of phenolic OH excluding ortho intramolecular Hbond substituents is 1. The molecule has 0 bridgehead atoms. The molecule has 0 unspecified atom stereocenters. The van der Waals surface area contributed by atoms with Crippen molar-refractivity contribution in [2.75, 3.05) is 26.2 Å². The molecule has 0 aromatic heterocycles. The van der Waals surface area contributed by atoms with E-state index in [0.29, 0.717) is 16.9 Å². The fourth-order valence-corrected chi connectivity index (χ4v) is 5.33. The van der Waals surface area contributed by atoms with Crippen molar-refractivity contribution in [2.45, 2.75) is 77.0 Å². The van der Waals surface area contributed by atoms with Crippen LogP contribution in [0.1, 0.15) is 76.5 Å². The summed E-state index contributed by atoms with van der Waals surface area (Å²) in [6, 6.07) is 3.31. The third kappa shape index (κ3) is 5.03. The summed E-state index contributed by atoms with van der Waals surface area (Å²) in [6.45, 7) is 8.54. The molecule has 1 N–H and O–H groups in total. The molecule has 180 valence electrons. The number of hydrogen-bond donors (Lipinski definition) is 1. The minimum atomic E-state index is -0.755. The molecular formula is C26H36N2O5. The van der Waals surface area contributed by atoms with E-state index in [9.17, 15) is 14.7 Å². The maximum atomic E-state index is 12.6. The second kappa shape index (κ2) is 9.75. The van der Waals surface area contributed by atoms with E-state index in [-0.39, 0.29) is 23.7 Å². The predicted molar refractivity (Wildman–Crippen MR) is 126 cm³/mol. The van der Waals surface area contributed by atoms with Gasteiger partial charge < -0.3 is 19.5 Å². The van der Waals surface area contributed by atoms with Crippen LogP contribution < -0.4 is 4.74 Å². The lowest BCUT2D eigenvalue weighted by atomic mass is 9.83. The summed E-state index contributed by atoms with van der Waals surface area (Å²) in [5.74, 6) is 0.272. The average molecular weight is 457 g/mol. The first kappa shape index (κ1) is 23.6. The standard InChI is InChI=1S/C26H36N2O5/c1-18(29)32-25-23(28-16-8-5-9-17-28)22-20(33-26(25,2)3)12-10-19(24(22)31)11-13-21(30)27-14-6-4-7-15-27/h10-13,23,25,31H,4-9,14-17H2,1-3H3/b13-11+/t23-,25-/m0/s1. The molecule has 1 amide bonds. The molecule has 2 saturated heterocycles. The van der Waals surface area contributed by atoms with Gasteiger partial charge in [-0.1, -0.05) is 6.42 Å². The Balaban J connectivity index is 1.70. The van der Waals surface area contributed by atoms with Gasteiger partial charge in [-0.3, -0.25) is 14.5 Å². The molecule has 3 aliphatic heterocycles. The highest BCUT2D eigenvalue weighted by Gasteiger charge is 2.50. The van der Waals surface area contributed by atoms with Gasteiger partial charge in [0.2, 0.25) is 5.91 Å². The van der Waals surface area contributed by atoms with Gasteiger partial charge in [-0.25, -0.2) is 0 Å². The van der Waals surface area contributed by atoms with Crippen LogP contribution in [0.25, 0.3) is 6.08 Å². The number of aromatic hydroxyl groups is 1. The molecule has 2 atom stereocenters. The summed E-state index contributed by atoms with van der Waals surface area (Å²) in [4.78, 5) is 28.8. The van der Waals surface area contributed by atoms with E-state index < -0.39 is 11.7 Å². The number of rotatable bonds is 4. The van der Waals surface area contributed by atoms with Gasteiger partial charge in [-0.05, 0) is 77.2 Å². The van der Waals surface area contributed by atoms with Crippen molar-refractivity contribution >= 4 is 18.0 Å². The quantitative estimate of drug-likeness (QED) is 0.544. The number of amides is 1. The van der Waals surface area contributed by atoms with Crippen LogP contribution in [0.2, 0.25) is 0 Å². The molecule has 3 aliphatic rings. The molecular weight excluding hydrogens is 420 g/mol. The van der Waals surface area contributed by atoms with Crippen LogP contribution in [0.5, 0.6) is 11.5 Å². The van der Waals surface area contributed by atoms with Crippen molar-refractivity contribution in [1.82, 2.24) is 9.80 Å². The van der Waals surface area contributed by atoms with E-state index >= 15 is 0 Å². The SMILES string of the molecule is CC(=O)O[C@H]1[C@@H](N2CCCCC2)c2c(ccc(/C=C/C(=O)N3CCCCC3)c2O)OC1(C)C. The Bertz CT molecular complexity index is 914. The lowest BCUT2D eigenvalue weighted by Crippen LogP contribution is -2.56. The Labute approximate surface area is 196 Å². The maximum Gasteiger partial charge on any atom is 0.303 e. The minimum Gasteiger partial charge on any atom is -0.507 e. The van der Waals surface area contributed by atoms with Crippen molar-refractivity contribution < 1.29 is 24.2 Å². The van der Waals surface area contributed by atoms with Gasteiger partial charge in [-0.2, -0.15) is 0 Å². The highest BCUT2D eigenvalue weighted by Crippen LogP contribution is 2.49. The molecule has 3 heterocycles. The van der Waals surface area contributed by atoms with E-state index in [1.807, 2.05) is 24.8 Å². The van der Waals surface area contributed by atoms with Crippen molar-refractivity contribution in [3.8, 4) is 11.5 Å². The number of benzene rings is 1. The van der Waals surface area contributed by atoms with Crippen molar-refractivity contribution in [3.05, 3.63) is 29.3 Å². The average Bonchev–Trinajstić information content (AvgIpc) is 2.80. The fourth-order valence-electron chi connectivity index (χ4n) is 5.33. The van der Waals surface area contributed by atoms with Crippen LogP contribution in [0.4, 0.5) is 0 Å². The van der Waals surface area contributed by atoms with Crippen molar-refractivity contribution in [2.24, 2.45) is 0 Å². The Morgan fingerprint density at radius 2 is 1.70 bits per heavy atom. The normalized spacial score (nSPS) is 25.4. The first-order valence-electron chi connectivity index (χ1n) is 12.2.